The van der Waals surface area contributed by atoms with Gasteiger partial charge in [-0.05, 0) is 0 Å². The summed E-state index contributed by atoms with van der Waals surface area (Å²) in [5.74, 6) is 0. The molecule has 1 aliphatic rings. The van der Waals surface area contributed by atoms with Crippen molar-refractivity contribution in [2.24, 2.45) is 0 Å². The molecule has 3 rings (SSSR count). The second-order valence-corrected chi connectivity index (χ2v) is 3.87. The van der Waals surface area contributed by atoms with Crippen molar-refractivity contribution in [1.29, 1.82) is 0 Å². The number of hydrogen-bond donors (Lipinski definition) is 1. The highest BCUT2D eigenvalue weighted by atomic mass is 16.5. The van der Waals surface area contributed by atoms with E-state index in [1.54, 1.807) is 6.33 Å². The van der Waals surface area contributed by atoms with Crippen molar-refractivity contribution in [2.45, 2.75) is 6.10 Å². The molecule has 1 fully saturated rings. The fourth-order valence-electron chi connectivity index (χ4n) is 2.06. The van der Waals surface area contributed by atoms with E-state index in [0.29, 0.717) is 0 Å². The van der Waals surface area contributed by atoms with E-state index in [0.717, 1.165) is 36.2 Å². The summed E-state index contributed by atoms with van der Waals surface area (Å²) in [5.41, 5.74) is 2.14. The molecule has 1 unspecified atom stereocenters. The molecule has 1 atom stereocenters. The number of morpholine rings is 1. The van der Waals surface area contributed by atoms with Gasteiger partial charge in [-0.3, -0.25) is 0 Å². The molecule has 2 aromatic rings. The molecule has 0 aliphatic carbocycles. The van der Waals surface area contributed by atoms with E-state index in [-0.39, 0.29) is 6.10 Å². The Labute approximate surface area is 93.7 Å². The zero-order valence-electron chi connectivity index (χ0n) is 8.89. The molecule has 1 saturated heterocycles. The van der Waals surface area contributed by atoms with Gasteiger partial charge in [-0.1, -0.05) is 18.2 Å². The maximum Gasteiger partial charge on any atom is 0.116 e. The first-order chi connectivity index (χ1) is 7.95. The molecule has 0 bridgehead atoms. The first-order valence-corrected chi connectivity index (χ1v) is 5.46. The van der Waals surface area contributed by atoms with Crippen LogP contribution in [-0.4, -0.2) is 29.7 Å². The summed E-state index contributed by atoms with van der Waals surface area (Å²) >= 11 is 0. The Morgan fingerprint density at radius 1 is 1.38 bits per heavy atom. The van der Waals surface area contributed by atoms with Crippen LogP contribution in [0.4, 0.5) is 0 Å². The number of fused-ring (bicyclic) bond motifs is 1. The maximum absolute atomic E-state index is 5.75. The van der Waals surface area contributed by atoms with Gasteiger partial charge in [0.2, 0.25) is 0 Å². The van der Waals surface area contributed by atoms with Crippen LogP contribution in [0.25, 0.3) is 10.9 Å². The Balaban J connectivity index is 2.08. The molecule has 2 heterocycles. The first-order valence-electron chi connectivity index (χ1n) is 5.46. The van der Waals surface area contributed by atoms with E-state index >= 15 is 0 Å². The average molecular weight is 215 g/mol. The number of para-hydroxylation sites is 1. The molecule has 1 N–H and O–H groups in total. The summed E-state index contributed by atoms with van der Waals surface area (Å²) in [5, 5.41) is 4.39. The van der Waals surface area contributed by atoms with Crippen molar-refractivity contribution < 1.29 is 4.74 Å². The largest absolute Gasteiger partial charge is 0.371 e. The lowest BCUT2D eigenvalue weighted by Crippen LogP contribution is -2.33. The second kappa shape index (κ2) is 4.15. The van der Waals surface area contributed by atoms with Crippen molar-refractivity contribution in [2.75, 3.05) is 19.7 Å². The number of nitrogens with zero attached hydrogens (tertiary/aromatic N) is 2. The zero-order valence-corrected chi connectivity index (χ0v) is 8.89. The Hall–Kier alpha value is -1.52. The Bertz CT molecular complexity index is 489. The van der Waals surface area contributed by atoms with Gasteiger partial charge < -0.3 is 10.1 Å². The number of rotatable bonds is 1. The van der Waals surface area contributed by atoms with Crippen LogP contribution >= 0.6 is 0 Å². The highest BCUT2D eigenvalue weighted by Gasteiger charge is 2.18. The SMILES string of the molecule is c1cc(C2CNCCO2)c2ncncc2c1. The molecule has 1 aromatic carbocycles. The van der Waals surface area contributed by atoms with Crippen LogP contribution in [0.5, 0.6) is 0 Å². The van der Waals surface area contributed by atoms with Crippen LogP contribution in [0.3, 0.4) is 0 Å². The molecular weight excluding hydrogens is 202 g/mol. The van der Waals surface area contributed by atoms with Crippen molar-refractivity contribution in [1.82, 2.24) is 15.3 Å². The van der Waals surface area contributed by atoms with Gasteiger partial charge in [0, 0.05) is 30.2 Å². The van der Waals surface area contributed by atoms with Crippen molar-refractivity contribution >= 4 is 10.9 Å². The minimum Gasteiger partial charge on any atom is -0.371 e. The van der Waals surface area contributed by atoms with Crippen LogP contribution in [0.15, 0.2) is 30.7 Å². The summed E-state index contributed by atoms with van der Waals surface area (Å²) < 4.78 is 5.75. The van der Waals surface area contributed by atoms with Crippen LogP contribution in [0.2, 0.25) is 0 Å². The van der Waals surface area contributed by atoms with Crippen molar-refractivity contribution in [3.8, 4) is 0 Å². The topological polar surface area (TPSA) is 47.0 Å². The number of benzene rings is 1. The summed E-state index contributed by atoms with van der Waals surface area (Å²) in [4.78, 5) is 8.37. The van der Waals surface area contributed by atoms with Gasteiger partial charge in [0.05, 0.1) is 18.2 Å². The minimum absolute atomic E-state index is 0.104. The van der Waals surface area contributed by atoms with E-state index in [2.05, 4.69) is 21.4 Å². The predicted molar refractivity (Wildman–Crippen MR) is 61.1 cm³/mol. The predicted octanol–water partition coefficient (Wildman–Crippen LogP) is 1.29. The van der Waals surface area contributed by atoms with E-state index in [9.17, 15) is 0 Å². The van der Waals surface area contributed by atoms with Crippen LogP contribution in [0, 0.1) is 0 Å². The summed E-state index contributed by atoms with van der Waals surface area (Å²) in [7, 11) is 0. The quantitative estimate of drug-likeness (QED) is 0.778. The second-order valence-electron chi connectivity index (χ2n) is 3.87. The number of hydrogen-bond acceptors (Lipinski definition) is 4. The fraction of sp³-hybridized carbons (Fsp3) is 0.333. The molecular formula is C12H13N3O. The van der Waals surface area contributed by atoms with Gasteiger partial charge in [0.1, 0.15) is 6.33 Å². The lowest BCUT2D eigenvalue weighted by Gasteiger charge is -2.24. The molecule has 0 spiro atoms. The Morgan fingerprint density at radius 2 is 2.38 bits per heavy atom. The van der Waals surface area contributed by atoms with E-state index in [1.807, 2.05) is 18.3 Å². The number of aromatic nitrogens is 2. The normalized spacial score (nSPS) is 21.1. The van der Waals surface area contributed by atoms with Gasteiger partial charge >= 0.3 is 0 Å². The summed E-state index contributed by atoms with van der Waals surface area (Å²) in [6.45, 7) is 2.53. The van der Waals surface area contributed by atoms with Crippen LogP contribution in [0.1, 0.15) is 11.7 Å². The van der Waals surface area contributed by atoms with Crippen LogP contribution < -0.4 is 5.32 Å². The maximum atomic E-state index is 5.75. The Morgan fingerprint density at radius 3 is 3.25 bits per heavy atom. The lowest BCUT2D eigenvalue weighted by atomic mass is 10.0. The van der Waals surface area contributed by atoms with Gasteiger partial charge in [0.15, 0.2) is 0 Å². The van der Waals surface area contributed by atoms with E-state index in [4.69, 9.17) is 4.74 Å². The van der Waals surface area contributed by atoms with Crippen molar-refractivity contribution in [3.63, 3.8) is 0 Å². The summed E-state index contributed by atoms with van der Waals surface area (Å²) in [6.07, 6.45) is 3.52. The van der Waals surface area contributed by atoms with Gasteiger partial charge in [0.25, 0.3) is 0 Å². The third kappa shape index (κ3) is 1.66. The van der Waals surface area contributed by atoms with E-state index < -0.39 is 0 Å². The summed E-state index contributed by atoms with van der Waals surface area (Å²) in [6, 6.07) is 6.13. The fourth-order valence-corrected chi connectivity index (χ4v) is 2.06. The first kappa shape index (κ1) is 9.69. The van der Waals surface area contributed by atoms with Gasteiger partial charge in [-0.15, -0.1) is 0 Å². The minimum atomic E-state index is 0.104. The zero-order chi connectivity index (χ0) is 10.8. The molecule has 0 amide bonds. The molecule has 0 radical (unpaired) electrons. The molecule has 0 saturated carbocycles. The third-order valence-corrected chi connectivity index (χ3v) is 2.84. The van der Waals surface area contributed by atoms with Gasteiger partial charge in [-0.2, -0.15) is 0 Å². The molecule has 4 heteroatoms. The molecule has 16 heavy (non-hydrogen) atoms. The highest BCUT2D eigenvalue weighted by Crippen LogP contribution is 2.25. The smallest absolute Gasteiger partial charge is 0.116 e. The Kier molecular flexibility index (Phi) is 2.52. The molecule has 1 aromatic heterocycles. The van der Waals surface area contributed by atoms with Crippen molar-refractivity contribution in [3.05, 3.63) is 36.3 Å². The standard InChI is InChI=1S/C12H13N3O/c1-2-9-6-14-8-15-12(9)10(3-1)11-7-13-4-5-16-11/h1-3,6,8,11,13H,4-5,7H2. The lowest BCUT2D eigenvalue weighted by molar-refractivity contribution is 0.0285. The number of nitrogens with one attached hydrogen (secondary N) is 1. The third-order valence-electron chi connectivity index (χ3n) is 2.84. The molecule has 1 aliphatic heterocycles. The molecule has 82 valence electrons. The van der Waals surface area contributed by atoms with E-state index in [1.165, 1.54) is 0 Å². The molecule has 4 nitrogen and oxygen atoms in total. The number of ether oxygens (including phenoxy) is 1. The monoisotopic (exact) mass is 215 g/mol. The van der Waals surface area contributed by atoms with Gasteiger partial charge in [-0.25, -0.2) is 9.97 Å². The highest BCUT2D eigenvalue weighted by molar-refractivity contribution is 5.81. The van der Waals surface area contributed by atoms with Crippen LogP contribution in [-0.2, 0) is 4.74 Å². The average Bonchev–Trinajstić information content (AvgIpc) is 2.39.